The van der Waals surface area contributed by atoms with Crippen LogP contribution in [0.1, 0.15) is 18.1 Å². The molecular formula is C10H8ClF2NO3S. The smallest absolute Gasteiger partial charge is 0.387 e. The van der Waals surface area contributed by atoms with Crippen LogP contribution in [0.5, 0.6) is 5.75 Å². The van der Waals surface area contributed by atoms with E-state index in [4.69, 9.17) is 15.9 Å². The highest BCUT2D eigenvalue weighted by molar-refractivity contribution is 8.13. The molecule has 1 rings (SSSR count). The number of alkyl halides is 2. The first kappa shape index (κ1) is 14.7. The Balaban J connectivity index is 3.53. The van der Waals surface area contributed by atoms with Gasteiger partial charge in [-0.1, -0.05) is 6.92 Å². The van der Waals surface area contributed by atoms with Crippen LogP contribution in [0.15, 0.2) is 17.0 Å². The summed E-state index contributed by atoms with van der Waals surface area (Å²) in [6.07, 6.45) is 0.158. The predicted molar refractivity (Wildman–Crippen MR) is 60.2 cm³/mol. The topological polar surface area (TPSA) is 67.2 Å². The van der Waals surface area contributed by atoms with Crippen LogP contribution >= 0.6 is 10.7 Å². The largest absolute Gasteiger partial charge is 0.434 e. The molecule has 0 N–H and O–H groups in total. The van der Waals surface area contributed by atoms with Crippen molar-refractivity contribution in [2.75, 3.05) is 0 Å². The SMILES string of the molecule is CCc1c(OC(F)F)ccc(S(=O)(=O)Cl)c1C#N. The van der Waals surface area contributed by atoms with E-state index >= 15 is 0 Å². The maximum Gasteiger partial charge on any atom is 0.387 e. The summed E-state index contributed by atoms with van der Waals surface area (Å²) in [6.45, 7) is -1.47. The molecule has 0 aliphatic carbocycles. The van der Waals surface area contributed by atoms with E-state index in [0.29, 0.717) is 0 Å². The van der Waals surface area contributed by atoms with E-state index in [-0.39, 0.29) is 23.3 Å². The molecule has 0 spiro atoms. The maximum absolute atomic E-state index is 12.2. The summed E-state index contributed by atoms with van der Waals surface area (Å²) in [5, 5.41) is 8.94. The van der Waals surface area contributed by atoms with Crippen LogP contribution in [-0.4, -0.2) is 15.0 Å². The summed E-state index contributed by atoms with van der Waals surface area (Å²) in [5.74, 6) is -0.229. The Morgan fingerprint density at radius 1 is 1.50 bits per heavy atom. The molecular weight excluding hydrogens is 288 g/mol. The molecule has 0 heterocycles. The highest BCUT2D eigenvalue weighted by Gasteiger charge is 2.22. The molecule has 0 amide bonds. The molecule has 98 valence electrons. The maximum atomic E-state index is 12.2. The lowest BCUT2D eigenvalue weighted by Crippen LogP contribution is -2.07. The molecule has 1 aromatic carbocycles. The van der Waals surface area contributed by atoms with Gasteiger partial charge in [-0.25, -0.2) is 8.42 Å². The zero-order valence-electron chi connectivity index (χ0n) is 9.15. The van der Waals surface area contributed by atoms with Gasteiger partial charge in [0.2, 0.25) is 0 Å². The van der Waals surface area contributed by atoms with E-state index in [1.165, 1.54) is 0 Å². The molecule has 18 heavy (non-hydrogen) atoms. The summed E-state index contributed by atoms with van der Waals surface area (Å²) in [7, 11) is 1.04. The summed E-state index contributed by atoms with van der Waals surface area (Å²) < 4.78 is 51.0. The fourth-order valence-electron chi connectivity index (χ4n) is 1.49. The van der Waals surface area contributed by atoms with E-state index in [2.05, 4.69) is 4.74 Å². The molecule has 0 aliphatic heterocycles. The summed E-state index contributed by atoms with van der Waals surface area (Å²) >= 11 is 0. The van der Waals surface area contributed by atoms with Gasteiger partial charge >= 0.3 is 6.61 Å². The molecule has 0 atom stereocenters. The molecule has 8 heteroatoms. The van der Waals surface area contributed by atoms with Crippen molar-refractivity contribution in [2.24, 2.45) is 0 Å². The molecule has 1 aromatic rings. The predicted octanol–water partition coefficient (Wildman–Crippen LogP) is 2.65. The van der Waals surface area contributed by atoms with Crippen LogP contribution < -0.4 is 4.74 Å². The van der Waals surface area contributed by atoms with E-state index in [0.717, 1.165) is 12.1 Å². The first-order chi connectivity index (χ1) is 8.31. The Kier molecular flexibility index (Phi) is 4.48. The minimum atomic E-state index is -4.12. The zero-order valence-corrected chi connectivity index (χ0v) is 10.7. The number of nitriles is 1. The minimum absolute atomic E-state index is 0.0829. The van der Waals surface area contributed by atoms with Crippen molar-refractivity contribution in [1.82, 2.24) is 0 Å². The van der Waals surface area contributed by atoms with Crippen molar-refractivity contribution in [3.63, 3.8) is 0 Å². The number of halogens is 3. The first-order valence-corrected chi connectivity index (χ1v) is 7.07. The average molecular weight is 296 g/mol. The second-order valence-corrected chi connectivity index (χ2v) is 5.73. The number of nitrogens with zero attached hydrogens (tertiary/aromatic N) is 1. The van der Waals surface area contributed by atoms with Crippen LogP contribution in [0.3, 0.4) is 0 Å². The number of rotatable bonds is 4. The molecule has 0 aliphatic rings. The normalized spacial score (nSPS) is 11.3. The number of ether oxygens (including phenoxy) is 1. The lowest BCUT2D eigenvalue weighted by atomic mass is 10.1. The van der Waals surface area contributed by atoms with Crippen molar-refractivity contribution in [2.45, 2.75) is 24.9 Å². The molecule has 0 radical (unpaired) electrons. The third kappa shape index (κ3) is 3.09. The first-order valence-electron chi connectivity index (χ1n) is 4.76. The summed E-state index contributed by atoms with van der Waals surface area (Å²) in [4.78, 5) is -0.412. The molecule has 0 bridgehead atoms. The van der Waals surface area contributed by atoms with Gasteiger partial charge in [-0.15, -0.1) is 0 Å². The summed E-state index contributed by atoms with van der Waals surface area (Å²) in [5.41, 5.74) is -0.190. The van der Waals surface area contributed by atoms with Crippen LogP contribution in [-0.2, 0) is 15.5 Å². The number of benzene rings is 1. The van der Waals surface area contributed by atoms with E-state index in [1.807, 2.05) is 0 Å². The molecule has 4 nitrogen and oxygen atoms in total. The van der Waals surface area contributed by atoms with Gasteiger partial charge in [0, 0.05) is 16.2 Å². The summed E-state index contributed by atoms with van der Waals surface area (Å²) in [6, 6.07) is 3.67. The Bertz CT molecular complexity index is 596. The fraction of sp³-hybridized carbons (Fsp3) is 0.300. The second kappa shape index (κ2) is 5.50. The monoisotopic (exact) mass is 295 g/mol. The molecule has 0 aromatic heterocycles. The van der Waals surface area contributed by atoms with Crippen molar-refractivity contribution < 1.29 is 21.9 Å². The third-order valence-electron chi connectivity index (χ3n) is 2.18. The van der Waals surface area contributed by atoms with Gasteiger partial charge in [0.05, 0.1) is 5.56 Å². The third-order valence-corrected chi connectivity index (χ3v) is 3.54. The standard InChI is InChI=1S/C10H8ClF2NO3S/c1-2-6-7(5-14)9(18(11,15)16)4-3-8(6)17-10(12)13/h3-4,10H,2H2,1H3. The quantitative estimate of drug-likeness (QED) is 0.801. The lowest BCUT2D eigenvalue weighted by Gasteiger charge is -2.12. The van der Waals surface area contributed by atoms with Crippen LogP contribution in [0, 0.1) is 11.3 Å². The number of hydrogen-bond acceptors (Lipinski definition) is 4. The number of hydrogen-bond donors (Lipinski definition) is 0. The van der Waals surface area contributed by atoms with Crippen LogP contribution in [0.4, 0.5) is 8.78 Å². The van der Waals surface area contributed by atoms with Crippen molar-refractivity contribution in [1.29, 1.82) is 5.26 Å². The second-order valence-electron chi connectivity index (χ2n) is 3.20. The molecule has 0 unspecified atom stereocenters. The van der Waals surface area contributed by atoms with Gasteiger partial charge in [0.15, 0.2) is 0 Å². The van der Waals surface area contributed by atoms with Gasteiger partial charge in [-0.3, -0.25) is 0 Å². The van der Waals surface area contributed by atoms with Crippen molar-refractivity contribution in [3.05, 3.63) is 23.3 Å². The average Bonchev–Trinajstić information content (AvgIpc) is 2.25. The minimum Gasteiger partial charge on any atom is -0.434 e. The van der Waals surface area contributed by atoms with Crippen molar-refractivity contribution in [3.8, 4) is 11.8 Å². The van der Waals surface area contributed by atoms with Gasteiger partial charge in [0.25, 0.3) is 9.05 Å². The molecule has 0 saturated carbocycles. The van der Waals surface area contributed by atoms with Crippen LogP contribution in [0.2, 0.25) is 0 Å². The van der Waals surface area contributed by atoms with Gasteiger partial charge in [-0.05, 0) is 18.6 Å². The Hall–Kier alpha value is -1.39. The highest BCUT2D eigenvalue weighted by Crippen LogP contribution is 2.31. The van der Waals surface area contributed by atoms with Gasteiger partial charge < -0.3 is 4.74 Å². The van der Waals surface area contributed by atoms with Crippen molar-refractivity contribution >= 4 is 19.7 Å². The zero-order chi connectivity index (χ0) is 13.9. The Morgan fingerprint density at radius 3 is 2.50 bits per heavy atom. The fourth-order valence-corrected chi connectivity index (χ4v) is 2.52. The molecule has 0 fully saturated rings. The van der Waals surface area contributed by atoms with Crippen LogP contribution in [0.25, 0.3) is 0 Å². The highest BCUT2D eigenvalue weighted by atomic mass is 35.7. The Morgan fingerprint density at radius 2 is 2.11 bits per heavy atom. The van der Waals surface area contributed by atoms with E-state index < -0.39 is 20.6 Å². The van der Waals surface area contributed by atoms with E-state index in [1.54, 1.807) is 13.0 Å². The van der Waals surface area contributed by atoms with Gasteiger partial charge in [0.1, 0.15) is 16.7 Å². The lowest BCUT2D eigenvalue weighted by molar-refractivity contribution is -0.0504. The Labute approximate surface area is 107 Å². The van der Waals surface area contributed by atoms with E-state index in [9.17, 15) is 17.2 Å². The molecule has 0 saturated heterocycles. The van der Waals surface area contributed by atoms with Gasteiger partial charge in [-0.2, -0.15) is 14.0 Å².